The van der Waals surface area contributed by atoms with Crippen LogP contribution >= 0.6 is 0 Å². The van der Waals surface area contributed by atoms with Crippen molar-refractivity contribution in [1.29, 1.82) is 0 Å². The molecule has 6 heteroatoms. The van der Waals surface area contributed by atoms with Gasteiger partial charge < -0.3 is 14.3 Å². The maximum Gasteiger partial charge on any atom is 0.194 e. The lowest BCUT2D eigenvalue weighted by Gasteiger charge is -2.40. The number of benzene rings is 3. The molecule has 0 saturated carbocycles. The van der Waals surface area contributed by atoms with Crippen molar-refractivity contribution in [3.8, 4) is 5.75 Å². The number of para-hydroxylation sites is 1. The number of piperazine rings is 1. The molecule has 1 N–H and O–H groups in total. The second-order valence-corrected chi connectivity index (χ2v) is 10.4. The number of hydrogen-bond acceptors (Lipinski definition) is 6. The van der Waals surface area contributed by atoms with Crippen molar-refractivity contribution >= 4 is 0 Å². The number of nitrogens with zero attached hydrogens (tertiary/aromatic N) is 3. The molecule has 1 aliphatic heterocycles. The standard InChI is InChI=1S/C33H39N3O3/c1-25-26(2)39-32(34-25)18-17-27-11-9-10-16-31(27)38-24-30(37)23-35-19-21-36(22-20-35)33(28-12-5-3-6-13-28)29-14-7-4-8-15-29/h3-16,30,33,37H,17-24H2,1-2H3. The van der Waals surface area contributed by atoms with E-state index in [1.807, 2.05) is 32.0 Å². The van der Waals surface area contributed by atoms with E-state index < -0.39 is 6.10 Å². The monoisotopic (exact) mass is 525 g/mol. The van der Waals surface area contributed by atoms with Gasteiger partial charge in [-0.2, -0.15) is 0 Å². The van der Waals surface area contributed by atoms with Crippen LogP contribution in [0.3, 0.4) is 0 Å². The zero-order valence-electron chi connectivity index (χ0n) is 23.0. The number of aliphatic hydroxyl groups excluding tert-OH is 1. The van der Waals surface area contributed by atoms with Crippen LogP contribution in [0.25, 0.3) is 0 Å². The molecule has 1 aliphatic rings. The van der Waals surface area contributed by atoms with E-state index in [0.29, 0.717) is 6.54 Å². The van der Waals surface area contributed by atoms with Crippen molar-refractivity contribution < 1.29 is 14.3 Å². The molecule has 3 aromatic carbocycles. The van der Waals surface area contributed by atoms with Crippen LogP contribution in [0.15, 0.2) is 89.3 Å². The maximum absolute atomic E-state index is 10.8. The minimum atomic E-state index is -0.555. The Hall–Kier alpha value is -3.45. The topological polar surface area (TPSA) is 62.0 Å². The fourth-order valence-corrected chi connectivity index (χ4v) is 5.36. The number of aliphatic hydroxyl groups is 1. The van der Waals surface area contributed by atoms with Crippen LogP contribution in [0, 0.1) is 13.8 Å². The summed E-state index contributed by atoms with van der Waals surface area (Å²) in [4.78, 5) is 9.38. The van der Waals surface area contributed by atoms with E-state index >= 15 is 0 Å². The summed E-state index contributed by atoms with van der Waals surface area (Å²) >= 11 is 0. The average Bonchev–Trinajstić information content (AvgIpc) is 3.30. The van der Waals surface area contributed by atoms with Gasteiger partial charge in [-0.1, -0.05) is 78.9 Å². The summed E-state index contributed by atoms with van der Waals surface area (Å²) in [6.45, 7) is 8.50. The zero-order valence-corrected chi connectivity index (χ0v) is 23.0. The Labute approximate surface area is 231 Å². The molecular formula is C33H39N3O3. The minimum Gasteiger partial charge on any atom is -0.491 e. The fraction of sp³-hybridized carbons (Fsp3) is 0.364. The highest BCUT2D eigenvalue weighted by atomic mass is 16.5. The van der Waals surface area contributed by atoms with E-state index in [1.54, 1.807) is 0 Å². The molecule has 0 radical (unpaired) electrons. The predicted octanol–water partition coefficient (Wildman–Crippen LogP) is 5.22. The van der Waals surface area contributed by atoms with Gasteiger partial charge in [0.2, 0.25) is 0 Å². The number of β-amino-alcohol motifs (C(OH)–C–C–N with tert-alkyl or cyclic N) is 1. The highest BCUT2D eigenvalue weighted by Gasteiger charge is 2.27. The molecule has 204 valence electrons. The molecule has 0 amide bonds. The van der Waals surface area contributed by atoms with E-state index in [2.05, 4.69) is 81.5 Å². The van der Waals surface area contributed by atoms with E-state index in [1.165, 1.54) is 11.1 Å². The molecule has 5 rings (SSSR count). The van der Waals surface area contributed by atoms with Crippen LogP contribution in [0.4, 0.5) is 0 Å². The van der Waals surface area contributed by atoms with Crippen molar-refractivity contribution in [1.82, 2.24) is 14.8 Å². The zero-order chi connectivity index (χ0) is 27.0. The molecule has 4 aromatic rings. The van der Waals surface area contributed by atoms with Crippen molar-refractivity contribution in [2.75, 3.05) is 39.3 Å². The largest absolute Gasteiger partial charge is 0.491 e. The van der Waals surface area contributed by atoms with Crippen molar-refractivity contribution in [2.24, 2.45) is 0 Å². The van der Waals surface area contributed by atoms with Crippen LogP contribution in [-0.4, -0.2) is 65.3 Å². The third-order valence-electron chi connectivity index (χ3n) is 7.56. The Morgan fingerprint density at radius 3 is 2.05 bits per heavy atom. The number of ether oxygens (including phenoxy) is 1. The lowest BCUT2D eigenvalue weighted by molar-refractivity contribution is 0.0399. The Bertz CT molecular complexity index is 1240. The van der Waals surface area contributed by atoms with Crippen molar-refractivity contribution in [2.45, 2.75) is 38.8 Å². The molecule has 2 heterocycles. The van der Waals surface area contributed by atoms with Crippen LogP contribution in [0.1, 0.15) is 40.1 Å². The third-order valence-corrected chi connectivity index (χ3v) is 7.56. The number of aromatic nitrogens is 1. The van der Waals surface area contributed by atoms with Gasteiger partial charge in [0.25, 0.3) is 0 Å². The minimum absolute atomic E-state index is 0.239. The Morgan fingerprint density at radius 1 is 0.821 bits per heavy atom. The van der Waals surface area contributed by atoms with Gasteiger partial charge >= 0.3 is 0 Å². The Kier molecular flexibility index (Phi) is 9.09. The van der Waals surface area contributed by atoms with Gasteiger partial charge in [0, 0.05) is 39.1 Å². The maximum atomic E-state index is 10.8. The molecule has 0 spiro atoms. The second-order valence-electron chi connectivity index (χ2n) is 10.4. The molecule has 0 aliphatic carbocycles. The lowest BCUT2D eigenvalue weighted by Crippen LogP contribution is -2.50. The summed E-state index contributed by atoms with van der Waals surface area (Å²) in [5.41, 5.74) is 4.67. The lowest BCUT2D eigenvalue weighted by atomic mass is 9.96. The van der Waals surface area contributed by atoms with E-state index in [-0.39, 0.29) is 12.6 Å². The fourth-order valence-electron chi connectivity index (χ4n) is 5.36. The molecular weight excluding hydrogens is 486 g/mol. The van der Waals surface area contributed by atoms with Gasteiger partial charge in [-0.05, 0) is 43.0 Å². The van der Waals surface area contributed by atoms with Crippen molar-refractivity contribution in [3.63, 3.8) is 0 Å². The molecule has 1 unspecified atom stereocenters. The third kappa shape index (κ3) is 7.15. The van der Waals surface area contributed by atoms with Gasteiger partial charge in [-0.25, -0.2) is 4.98 Å². The number of aryl methyl sites for hydroxylation is 4. The summed E-state index contributed by atoms with van der Waals surface area (Å²) in [6, 6.07) is 29.8. The first kappa shape index (κ1) is 27.1. The Balaban J connectivity index is 1.12. The first-order chi connectivity index (χ1) is 19.1. The second kappa shape index (κ2) is 13.1. The van der Waals surface area contributed by atoms with Gasteiger partial charge in [0.05, 0.1) is 11.7 Å². The van der Waals surface area contributed by atoms with Crippen LogP contribution < -0.4 is 4.74 Å². The smallest absolute Gasteiger partial charge is 0.194 e. The van der Waals surface area contributed by atoms with E-state index in [4.69, 9.17) is 9.15 Å². The first-order valence-corrected chi connectivity index (χ1v) is 13.9. The predicted molar refractivity (Wildman–Crippen MR) is 154 cm³/mol. The van der Waals surface area contributed by atoms with Gasteiger partial charge in [-0.3, -0.25) is 9.80 Å². The van der Waals surface area contributed by atoms with Gasteiger partial charge in [0.15, 0.2) is 5.89 Å². The first-order valence-electron chi connectivity index (χ1n) is 13.9. The average molecular weight is 526 g/mol. The molecule has 1 atom stereocenters. The summed E-state index contributed by atoms with van der Waals surface area (Å²) in [7, 11) is 0. The van der Waals surface area contributed by atoms with E-state index in [0.717, 1.165) is 67.7 Å². The molecule has 1 aromatic heterocycles. The molecule has 1 fully saturated rings. The normalized spacial score (nSPS) is 15.5. The van der Waals surface area contributed by atoms with E-state index in [9.17, 15) is 5.11 Å². The number of rotatable bonds is 11. The highest BCUT2D eigenvalue weighted by molar-refractivity contribution is 5.34. The summed E-state index contributed by atoms with van der Waals surface area (Å²) < 4.78 is 11.8. The Morgan fingerprint density at radius 2 is 1.44 bits per heavy atom. The van der Waals surface area contributed by atoms with Gasteiger partial charge in [0.1, 0.15) is 24.2 Å². The highest BCUT2D eigenvalue weighted by Crippen LogP contribution is 2.29. The van der Waals surface area contributed by atoms with Crippen molar-refractivity contribution in [3.05, 3.63) is 119 Å². The number of hydrogen-bond donors (Lipinski definition) is 1. The molecule has 6 nitrogen and oxygen atoms in total. The van der Waals surface area contributed by atoms with Crippen LogP contribution in [0.5, 0.6) is 5.75 Å². The quantitative estimate of drug-likeness (QED) is 0.290. The van der Waals surface area contributed by atoms with Gasteiger partial charge in [-0.15, -0.1) is 0 Å². The number of oxazole rings is 1. The summed E-state index contributed by atoms with van der Waals surface area (Å²) in [5, 5.41) is 10.8. The molecule has 0 bridgehead atoms. The molecule has 1 saturated heterocycles. The SMILES string of the molecule is Cc1nc(CCc2ccccc2OCC(O)CN2CCN(C(c3ccccc3)c3ccccc3)CC2)oc1C. The van der Waals surface area contributed by atoms with Crippen LogP contribution in [-0.2, 0) is 12.8 Å². The summed E-state index contributed by atoms with van der Waals surface area (Å²) in [5.74, 6) is 2.44. The van der Waals surface area contributed by atoms with Crippen LogP contribution in [0.2, 0.25) is 0 Å². The summed E-state index contributed by atoms with van der Waals surface area (Å²) in [6.07, 6.45) is 0.938. The molecule has 39 heavy (non-hydrogen) atoms.